The van der Waals surface area contributed by atoms with E-state index in [9.17, 15) is 0 Å². The second-order valence-corrected chi connectivity index (χ2v) is 5.39. The van der Waals surface area contributed by atoms with Gasteiger partial charge < -0.3 is 10.5 Å². The van der Waals surface area contributed by atoms with Crippen LogP contribution >= 0.6 is 23.1 Å². The first kappa shape index (κ1) is 12.6. The van der Waals surface area contributed by atoms with Crippen molar-refractivity contribution in [2.45, 2.75) is 18.5 Å². The molecule has 2 aromatic rings. The summed E-state index contributed by atoms with van der Waals surface area (Å²) in [6.45, 7) is 3.57. The zero-order chi connectivity index (χ0) is 12.1. The molecule has 0 aliphatic rings. The zero-order valence-corrected chi connectivity index (χ0v) is 11.3. The molecule has 0 fully saturated rings. The van der Waals surface area contributed by atoms with E-state index < -0.39 is 0 Å². The van der Waals surface area contributed by atoms with Crippen molar-refractivity contribution >= 4 is 39.1 Å². The molecule has 0 aliphatic carbocycles. The van der Waals surface area contributed by atoms with Gasteiger partial charge in [-0.05, 0) is 24.8 Å². The molecule has 0 amide bonds. The van der Waals surface area contributed by atoms with Gasteiger partial charge in [-0.1, -0.05) is 11.8 Å². The number of nitrogens with two attached hydrogens (primary N) is 1. The SMILES string of the molecule is CCOCCCSc1nc(N)c2ccsc2n1. The van der Waals surface area contributed by atoms with Gasteiger partial charge >= 0.3 is 0 Å². The number of hydrogen-bond acceptors (Lipinski definition) is 6. The first-order valence-corrected chi connectivity index (χ1v) is 7.39. The Morgan fingerprint density at radius 1 is 1.47 bits per heavy atom. The van der Waals surface area contributed by atoms with Gasteiger partial charge in [-0.3, -0.25) is 0 Å². The number of rotatable bonds is 6. The molecular formula is C11H15N3OS2. The Kier molecular flexibility index (Phi) is 4.58. The van der Waals surface area contributed by atoms with Gasteiger partial charge in [0.05, 0.1) is 5.39 Å². The third-order valence-corrected chi connectivity index (χ3v) is 3.94. The van der Waals surface area contributed by atoms with Crippen LogP contribution in [0.1, 0.15) is 13.3 Å². The lowest BCUT2D eigenvalue weighted by molar-refractivity contribution is 0.149. The summed E-state index contributed by atoms with van der Waals surface area (Å²) >= 11 is 3.22. The number of fused-ring (bicyclic) bond motifs is 1. The van der Waals surface area contributed by atoms with E-state index in [2.05, 4.69) is 9.97 Å². The first-order valence-electron chi connectivity index (χ1n) is 5.52. The fraction of sp³-hybridized carbons (Fsp3) is 0.455. The molecule has 2 heterocycles. The van der Waals surface area contributed by atoms with Crippen molar-refractivity contribution in [1.29, 1.82) is 0 Å². The Morgan fingerprint density at radius 3 is 3.18 bits per heavy atom. The lowest BCUT2D eigenvalue weighted by atomic mass is 10.4. The van der Waals surface area contributed by atoms with Crippen molar-refractivity contribution in [1.82, 2.24) is 9.97 Å². The number of nitrogens with zero attached hydrogens (tertiary/aromatic N) is 2. The fourth-order valence-electron chi connectivity index (χ4n) is 1.39. The molecule has 0 radical (unpaired) electrons. The molecule has 2 aromatic heterocycles. The van der Waals surface area contributed by atoms with Crippen LogP contribution in [0.25, 0.3) is 10.2 Å². The van der Waals surface area contributed by atoms with E-state index >= 15 is 0 Å². The van der Waals surface area contributed by atoms with Crippen LogP contribution in [-0.4, -0.2) is 28.9 Å². The van der Waals surface area contributed by atoms with Crippen LogP contribution in [0, 0.1) is 0 Å². The van der Waals surface area contributed by atoms with Gasteiger partial charge in [-0.15, -0.1) is 11.3 Å². The van der Waals surface area contributed by atoms with Crippen LogP contribution in [0.15, 0.2) is 16.6 Å². The molecular weight excluding hydrogens is 254 g/mol. The molecule has 0 aliphatic heterocycles. The predicted octanol–water partition coefficient (Wildman–Crippen LogP) is 2.79. The number of hydrogen-bond donors (Lipinski definition) is 1. The molecule has 6 heteroatoms. The summed E-state index contributed by atoms with van der Waals surface area (Å²) in [7, 11) is 0. The highest BCUT2D eigenvalue weighted by Crippen LogP contribution is 2.26. The van der Waals surface area contributed by atoms with Crippen LogP contribution in [0.4, 0.5) is 5.82 Å². The summed E-state index contributed by atoms with van der Waals surface area (Å²) in [5.74, 6) is 1.53. The number of thiophene rings is 1. The predicted molar refractivity (Wildman–Crippen MR) is 73.7 cm³/mol. The molecule has 0 bridgehead atoms. The molecule has 0 unspecified atom stereocenters. The summed E-state index contributed by atoms with van der Waals surface area (Å²) < 4.78 is 5.28. The van der Waals surface area contributed by atoms with Gasteiger partial charge in [0.1, 0.15) is 10.6 Å². The van der Waals surface area contributed by atoms with E-state index in [4.69, 9.17) is 10.5 Å². The van der Waals surface area contributed by atoms with Crippen molar-refractivity contribution < 1.29 is 4.74 Å². The largest absolute Gasteiger partial charge is 0.383 e. The fourth-order valence-corrected chi connectivity index (χ4v) is 2.98. The third kappa shape index (κ3) is 3.31. The molecule has 0 aromatic carbocycles. The highest BCUT2D eigenvalue weighted by molar-refractivity contribution is 7.99. The lowest BCUT2D eigenvalue weighted by Crippen LogP contribution is -1.97. The Balaban J connectivity index is 1.94. The monoisotopic (exact) mass is 269 g/mol. The Labute approximate surface area is 109 Å². The van der Waals surface area contributed by atoms with E-state index in [0.29, 0.717) is 5.82 Å². The summed E-state index contributed by atoms with van der Waals surface area (Å²) in [6.07, 6.45) is 1.00. The summed E-state index contributed by atoms with van der Waals surface area (Å²) in [5.41, 5.74) is 5.87. The maximum absolute atomic E-state index is 5.87. The molecule has 0 atom stereocenters. The number of thioether (sulfide) groups is 1. The molecule has 0 saturated carbocycles. The van der Waals surface area contributed by atoms with Crippen LogP contribution in [0.5, 0.6) is 0 Å². The van der Waals surface area contributed by atoms with Crippen molar-refractivity contribution in [3.05, 3.63) is 11.4 Å². The number of nitrogen functional groups attached to an aromatic ring is 1. The quantitative estimate of drug-likeness (QED) is 0.496. The Hall–Kier alpha value is -0.850. The standard InChI is InChI=1S/C11H15N3OS2/c1-2-15-5-3-6-17-11-13-9(12)8-4-7-16-10(8)14-11/h4,7H,2-3,5-6H2,1H3,(H2,12,13,14). The van der Waals surface area contributed by atoms with Gasteiger partial charge in [-0.2, -0.15) is 0 Å². The zero-order valence-electron chi connectivity index (χ0n) is 9.68. The highest BCUT2D eigenvalue weighted by Gasteiger charge is 2.06. The topological polar surface area (TPSA) is 61.0 Å². The number of anilines is 1. The minimum Gasteiger partial charge on any atom is -0.383 e. The van der Waals surface area contributed by atoms with Crippen molar-refractivity contribution in [2.24, 2.45) is 0 Å². The molecule has 92 valence electrons. The molecule has 0 saturated heterocycles. The summed E-state index contributed by atoms with van der Waals surface area (Å²) in [6, 6.07) is 1.96. The Bertz CT molecular complexity index is 487. The van der Waals surface area contributed by atoms with E-state index in [1.54, 1.807) is 23.1 Å². The van der Waals surface area contributed by atoms with Crippen LogP contribution in [0.3, 0.4) is 0 Å². The van der Waals surface area contributed by atoms with Crippen molar-refractivity contribution in [2.75, 3.05) is 24.7 Å². The minimum atomic E-state index is 0.573. The highest BCUT2D eigenvalue weighted by atomic mass is 32.2. The summed E-state index contributed by atoms with van der Waals surface area (Å²) in [4.78, 5) is 9.71. The van der Waals surface area contributed by atoms with E-state index in [1.165, 1.54) is 0 Å². The van der Waals surface area contributed by atoms with Crippen LogP contribution in [-0.2, 0) is 4.74 Å². The second kappa shape index (κ2) is 6.18. The lowest BCUT2D eigenvalue weighted by Gasteiger charge is -2.02. The molecule has 2 rings (SSSR count). The van der Waals surface area contributed by atoms with Crippen LogP contribution in [0.2, 0.25) is 0 Å². The maximum atomic E-state index is 5.87. The smallest absolute Gasteiger partial charge is 0.190 e. The molecule has 17 heavy (non-hydrogen) atoms. The van der Waals surface area contributed by atoms with Gasteiger partial charge in [0.15, 0.2) is 5.16 Å². The number of aromatic nitrogens is 2. The van der Waals surface area contributed by atoms with E-state index in [-0.39, 0.29) is 0 Å². The van der Waals surface area contributed by atoms with Gasteiger partial charge in [0.2, 0.25) is 0 Å². The minimum absolute atomic E-state index is 0.573. The van der Waals surface area contributed by atoms with Crippen molar-refractivity contribution in [3.63, 3.8) is 0 Å². The maximum Gasteiger partial charge on any atom is 0.190 e. The molecule has 4 nitrogen and oxygen atoms in total. The molecule has 0 spiro atoms. The number of ether oxygens (including phenoxy) is 1. The first-order chi connectivity index (χ1) is 8.31. The van der Waals surface area contributed by atoms with Gasteiger partial charge in [-0.25, -0.2) is 9.97 Å². The average molecular weight is 269 g/mol. The second-order valence-electron chi connectivity index (χ2n) is 3.43. The van der Waals surface area contributed by atoms with E-state index in [1.807, 2.05) is 18.4 Å². The van der Waals surface area contributed by atoms with Gasteiger partial charge in [0, 0.05) is 19.0 Å². The van der Waals surface area contributed by atoms with Gasteiger partial charge in [0.25, 0.3) is 0 Å². The normalized spacial score (nSPS) is 11.1. The van der Waals surface area contributed by atoms with Crippen molar-refractivity contribution in [3.8, 4) is 0 Å². The molecule has 2 N–H and O–H groups in total. The summed E-state index contributed by atoms with van der Waals surface area (Å²) in [5, 5.41) is 3.70. The average Bonchev–Trinajstić information content (AvgIpc) is 2.77. The van der Waals surface area contributed by atoms with Crippen LogP contribution < -0.4 is 5.73 Å². The van der Waals surface area contributed by atoms with E-state index in [0.717, 1.165) is 40.8 Å². The third-order valence-electron chi connectivity index (χ3n) is 2.20. The Morgan fingerprint density at radius 2 is 2.35 bits per heavy atom.